The van der Waals surface area contributed by atoms with Crippen molar-refractivity contribution in [3.05, 3.63) is 47.5 Å². The number of hydrogen-bond donors (Lipinski definition) is 1. The molecule has 2 aromatic carbocycles. The van der Waals surface area contributed by atoms with Gasteiger partial charge in [0.2, 0.25) is 0 Å². The lowest BCUT2D eigenvalue weighted by molar-refractivity contribution is 0.235. The van der Waals surface area contributed by atoms with E-state index in [2.05, 4.69) is 52.0 Å². The Labute approximate surface area is 189 Å². The number of anilines is 2. The van der Waals surface area contributed by atoms with Crippen molar-refractivity contribution < 1.29 is 13.9 Å². The average Bonchev–Trinajstić information content (AvgIpc) is 2.67. The molecule has 0 fully saturated rings. The minimum absolute atomic E-state index is 0.0350. The smallest absolute Gasteiger partial charge is 0.162 e. The van der Waals surface area contributed by atoms with Crippen LogP contribution in [0.3, 0.4) is 0 Å². The molecule has 1 aromatic heterocycles. The summed E-state index contributed by atoms with van der Waals surface area (Å²) in [5.74, 6) is 1.63. The van der Waals surface area contributed by atoms with E-state index in [-0.39, 0.29) is 9.35 Å². The number of nitrogens with one attached hydrogen (secondary N) is 1. The van der Waals surface area contributed by atoms with Crippen LogP contribution >= 0.6 is 27.5 Å². The van der Waals surface area contributed by atoms with Crippen LogP contribution in [0, 0.1) is 11.7 Å². The molecule has 0 aliphatic carbocycles. The maximum Gasteiger partial charge on any atom is 0.162 e. The third kappa shape index (κ3) is 5.73. The van der Waals surface area contributed by atoms with Crippen molar-refractivity contribution in [3.63, 3.8) is 0 Å². The Bertz CT molecular complexity index is 1040. The first-order chi connectivity index (χ1) is 14.2. The summed E-state index contributed by atoms with van der Waals surface area (Å²) in [7, 11) is 1.60. The number of nitrogens with zero attached hydrogens (tertiary/aromatic N) is 2. The van der Waals surface area contributed by atoms with Gasteiger partial charge in [-0.25, -0.2) is 14.4 Å². The van der Waals surface area contributed by atoms with Crippen LogP contribution in [0.4, 0.5) is 15.9 Å². The van der Waals surface area contributed by atoms with Gasteiger partial charge >= 0.3 is 0 Å². The van der Waals surface area contributed by atoms with Crippen molar-refractivity contribution in [1.29, 1.82) is 0 Å². The Kier molecular flexibility index (Phi) is 7.03. The number of fused-ring (bicyclic) bond motifs is 1. The van der Waals surface area contributed by atoms with Crippen LogP contribution in [0.2, 0.25) is 5.02 Å². The fraction of sp³-hybridized carbons (Fsp3) is 0.364. The topological polar surface area (TPSA) is 56.3 Å². The summed E-state index contributed by atoms with van der Waals surface area (Å²) >= 11 is 9.57. The van der Waals surface area contributed by atoms with E-state index in [4.69, 9.17) is 21.1 Å². The van der Waals surface area contributed by atoms with E-state index in [9.17, 15) is 4.39 Å². The third-order valence-corrected chi connectivity index (χ3v) is 5.07. The van der Waals surface area contributed by atoms with Crippen molar-refractivity contribution in [1.82, 2.24) is 9.97 Å². The van der Waals surface area contributed by atoms with Gasteiger partial charge in [0.05, 0.1) is 24.3 Å². The van der Waals surface area contributed by atoms with Gasteiger partial charge in [-0.15, -0.1) is 0 Å². The average molecular weight is 497 g/mol. The lowest BCUT2D eigenvalue weighted by atomic mass is 9.99. The Balaban J connectivity index is 1.90. The predicted octanol–water partition coefficient (Wildman–Crippen LogP) is 6.75. The number of aromatic nitrogens is 2. The molecule has 0 bridgehead atoms. The molecule has 1 unspecified atom stereocenters. The molecule has 0 spiro atoms. The van der Waals surface area contributed by atoms with E-state index >= 15 is 0 Å². The standard InChI is InChI=1S/C22H24BrClFN3O2/c1-13(10-22(2,3)23)11-30-20-8-15-18(9-19(20)29-4)26-12-27-21(15)28-14-5-6-17(25)16(24)7-14/h5-9,12-13H,10-11H2,1-4H3,(H,26,27,28). The van der Waals surface area contributed by atoms with E-state index < -0.39 is 5.82 Å². The van der Waals surface area contributed by atoms with Crippen molar-refractivity contribution in [2.24, 2.45) is 5.92 Å². The molecule has 8 heteroatoms. The van der Waals surface area contributed by atoms with Crippen LogP contribution in [0.15, 0.2) is 36.7 Å². The molecule has 0 amide bonds. The Morgan fingerprint density at radius 1 is 1.20 bits per heavy atom. The molecule has 1 N–H and O–H groups in total. The zero-order valence-corrected chi connectivity index (χ0v) is 19.6. The Hall–Kier alpha value is -2.12. The molecule has 160 valence electrons. The fourth-order valence-corrected chi connectivity index (χ4v) is 4.00. The summed E-state index contributed by atoms with van der Waals surface area (Å²) in [5, 5.41) is 3.96. The Morgan fingerprint density at radius 3 is 2.63 bits per heavy atom. The maximum atomic E-state index is 13.5. The second-order valence-electron chi connectivity index (χ2n) is 7.84. The fourth-order valence-electron chi connectivity index (χ4n) is 3.27. The normalized spacial score (nSPS) is 12.6. The van der Waals surface area contributed by atoms with Crippen molar-refractivity contribution >= 4 is 49.9 Å². The van der Waals surface area contributed by atoms with Crippen molar-refractivity contribution in [3.8, 4) is 11.5 Å². The number of hydrogen-bond acceptors (Lipinski definition) is 5. The van der Waals surface area contributed by atoms with Crippen molar-refractivity contribution in [2.45, 2.75) is 31.5 Å². The number of methoxy groups -OCH3 is 1. The van der Waals surface area contributed by atoms with Gasteiger partial charge in [0.1, 0.15) is 18.0 Å². The lowest BCUT2D eigenvalue weighted by Gasteiger charge is -2.22. The Morgan fingerprint density at radius 2 is 1.97 bits per heavy atom. The van der Waals surface area contributed by atoms with Gasteiger partial charge in [-0.05, 0) is 36.6 Å². The molecule has 0 saturated carbocycles. The van der Waals surface area contributed by atoms with Gasteiger partial charge in [-0.1, -0.05) is 48.3 Å². The zero-order chi connectivity index (χ0) is 21.9. The van der Waals surface area contributed by atoms with Crippen LogP contribution < -0.4 is 14.8 Å². The molecule has 0 saturated heterocycles. The summed E-state index contributed by atoms with van der Waals surface area (Å²) in [4.78, 5) is 8.66. The van der Waals surface area contributed by atoms with Crippen LogP contribution in [0.25, 0.3) is 10.9 Å². The molecule has 3 rings (SSSR count). The number of ether oxygens (including phenoxy) is 2. The summed E-state index contributed by atoms with van der Waals surface area (Å²) in [6.45, 7) is 6.96. The van der Waals surface area contributed by atoms with Crippen LogP contribution in [0.1, 0.15) is 27.2 Å². The van der Waals surface area contributed by atoms with E-state index in [0.29, 0.717) is 41.0 Å². The SMILES string of the molecule is COc1cc2ncnc(Nc3ccc(F)c(Cl)c3)c2cc1OCC(C)CC(C)(C)Br. The third-order valence-electron chi connectivity index (χ3n) is 4.46. The predicted molar refractivity (Wildman–Crippen MR) is 123 cm³/mol. The largest absolute Gasteiger partial charge is 0.493 e. The molecule has 0 aliphatic rings. The zero-order valence-electron chi connectivity index (χ0n) is 17.3. The van der Waals surface area contributed by atoms with Gasteiger partial charge < -0.3 is 14.8 Å². The highest BCUT2D eigenvalue weighted by Crippen LogP contribution is 2.36. The van der Waals surface area contributed by atoms with E-state index in [0.717, 1.165) is 11.8 Å². The quantitative estimate of drug-likeness (QED) is 0.349. The second kappa shape index (κ2) is 9.35. The molecule has 0 aliphatic heterocycles. The molecular formula is C22H24BrClFN3O2. The van der Waals surface area contributed by atoms with Gasteiger partial charge in [-0.3, -0.25) is 0 Å². The number of alkyl halides is 1. The van der Waals surface area contributed by atoms with Crippen LogP contribution in [0.5, 0.6) is 11.5 Å². The molecule has 30 heavy (non-hydrogen) atoms. The highest BCUT2D eigenvalue weighted by molar-refractivity contribution is 9.10. The highest BCUT2D eigenvalue weighted by Gasteiger charge is 2.19. The maximum absolute atomic E-state index is 13.5. The lowest BCUT2D eigenvalue weighted by Crippen LogP contribution is -2.19. The first-order valence-corrected chi connectivity index (χ1v) is 10.7. The summed E-state index contributed by atoms with van der Waals surface area (Å²) in [6, 6.07) is 8.08. The van der Waals surface area contributed by atoms with E-state index in [1.807, 2.05) is 12.1 Å². The molecule has 1 atom stereocenters. The number of rotatable bonds is 8. The van der Waals surface area contributed by atoms with Gasteiger partial charge in [0.25, 0.3) is 0 Å². The number of halogens is 3. The van der Waals surface area contributed by atoms with Gasteiger partial charge in [-0.2, -0.15) is 0 Å². The van der Waals surface area contributed by atoms with E-state index in [1.165, 1.54) is 18.5 Å². The molecule has 1 heterocycles. The summed E-state index contributed by atoms with van der Waals surface area (Å²) in [6.07, 6.45) is 2.42. The molecular weight excluding hydrogens is 473 g/mol. The number of benzene rings is 2. The van der Waals surface area contributed by atoms with Crippen LogP contribution in [-0.2, 0) is 0 Å². The monoisotopic (exact) mass is 495 g/mol. The molecule has 5 nitrogen and oxygen atoms in total. The molecule has 0 radical (unpaired) electrons. The highest BCUT2D eigenvalue weighted by atomic mass is 79.9. The first-order valence-electron chi connectivity index (χ1n) is 9.53. The van der Waals surface area contributed by atoms with Crippen molar-refractivity contribution in [2.75, 3.05) is 19.0 Å². The van der Waals surface area contributed by atoms with E-state index in [1.54, 1.807) is 13.2 Å². The first kappa shape index (κ1) is 22.6. The molecule has 3 aromatic rings. The summed E-state index contributed by atoms with van der Waals surface area (Å²) < 4.78 is 25.1. The van der Waals surface area contributed by atoms with Crippen LogP contribution in [-0.4, -0.2) is 28.0 Å². The summed E-state index contributed by atoms with van der Waals surface area (Å²) in [5.41, 5.74) is 1.31. The van der Waals surface area contributed by atoms with Gasteiger partial charge in [0, 0.05) is 21.5 Å². The van der Waals surface area contributed by atoms with Gasteiger partial charge in [0.15, 0.2) is 11.5 Å². The second-order valence-corrected chi connectivity index (χ2v) is 10.4. The minimum Gasteiger partial charge on any atom is -0.493 e. The minimum atomic E-state index is -0.476.